The van der Waals surface area contributed by atoms with Crippen LogP contribution in [0.15, 0.2) is 38.5 Å². The topological polar surface area (TPSA) is 89.5 Å². The van der Waals surface area contributed by atoms with Gasteiger partial charge in [0.15, 0.2) is 10.9 Å². The highest BCUT2D eigenvalue weighted by molar-refractivity contribution is 6.00. The Bertz CT molecular complexity index is 1070. The van der Waals surface area contributed by atoms with E-state index in [4.69, 9.17) is 4.42 Å². The number of aromatic nitrogens is 1. The average molecular weight is 327 g/mol. The number of aryl methyl sites for hydroxylation is 2. The summed E-state index contributed by atoms with van der Waals surface area (Å²) in [5.74, 6) is -1.16. The van der Waals surface area contributed by atoms with Crippen molar-refractivity contribution in [3.8, 4) is 0 Å². The summed E-state index contributed by atoms with van der Waals surface area (Å²) in [6, 6.07) is 3.93. The van der Waals surface area contributed by atoms with E-state index in [9.17, 15) is 19.5 Å². The molecule has 0 saturated carbocycles. The molecule has 0 unspecified atom stereocenters. The van der Waals surface area contributed by atoms with Crippen LogP contribution in [0.1, 0.15) is 36.3 Å². The van der Waals surface area contributed by atoms with Gasteiger partial charge in [0.1, 0.15) is 11.3 Å². The van der Waals surface area contributed by atoms with E-state index < -0.39 is 11.4 Å². The van der Waals surface area contributed by atoms with Crippen LogP contribution in [0.25, 0.3) is 21.9 Å². The fraction of sp³-hybridized carbons (Fsp3) is 0.278. The number of rotatable bonds is 4. The first-order valence-electron chi connectivity index (χ1n) is 7.83. The molecule has 0 saturated heterocycles. The molecule has 2 heterocycles. The molecule has 0 spiro atoms. The molecule has 1 N–H and O–H groups in total. The first-order valence-corrected chi connectivity index (χ1v) is 7.83. The van der Waals surface area contributed by atoms with Crippen LogP contribution in [0.4, 0.5) is 0 Å². The lowest BCUT2D eigenvalue weighted by molar-refractivity contribution is 0.0685. The molecule has 1 aromatic carbocycles. The van der Waals surface area contributed by atoms with Gasteiger partial charge >= 0.3 is 5.97 Å². The monoisotopic (exact) mass is 327 g/mol. The molecule has 24 heavy (non-hydrogen) atoms. The Morgan fingerprint density at radius 3 is 2.54 bits per heavy atom. The summed E-state index contributed by atoms with van der Waals surface area (Å²) in [5, 5.41) is 10.1. The van der Waals surface area contributed by atoms with Crippen LogP contribution in [0.3, 0.4) is 0 Å². The van der Waals surface area contributed by atoms with Gasteiger partial charge in [-0.1, -0.05) is 13.3 Å². The van der Waals surface area contributed by atoms with Crippen molar-refractivity contribution in [2.24, 2.45) is 0 Å². The Kier molecular flexibility index (Phi) is 3.97. The van der Waals surface area contributed by atoms with E-state index in [1.54, 1.807) is 4.57 Å². The van der Waals surface area contributed by atoms with Crippen LogP contribution in [0, 0.1) is 0 Å². The zero-order valence-electron chi connectivity index (χ0n) is 13.5. The number of hydrogen-bond acceptors (Lipinski definition) is 4. The normalized spacial score (nSPS) is 11.2. The van der Waals surface area contributed by atoms with Gasteiger partial charge in [0, 0.05) is 29.6 Å². The first-order chi connectivity index (χ1) is 11.5. The molecule has 0 radical (unpaired) electrons. The van der Waals surface area contributed by atoms with E-state index in [2.05, 4.69) is 0 Å². The third-order valence-corrected chi connectivity index (χ3v) is 4.15. The molecule has 6 nitrogen and oxygen atoms in total. The number of nitrogens with zero attached hydrogens (tertiary/aromatic N) is 1. The molecule has 3 aromatic rings. The second-order valence-electron chi connectivity index (χ2n) is 5.61. The van der Waals surface area contributed by atoms with Crippen molar-refractivity contribution in [3.63, 3.8) is 0 Å². The minimum absolute atomic E-state index is 0.0648. The molecule has 0 atom stereocenters. The minimum Gasteiger partial charge on any atom is -0.477 e. The number of carbonyl (C=O) groups is 1. The number of carboxylic acids is 1. The highest BCUT2D eigenvalue weighted by Gasteiger charge is 2.19. The Morgan fingerprint density at radius 1 is 1.17 bits per heavy atom. The van der Waals surface area contributed by atoms with Crippen LogP contribution in [-0.2, 0) is 13.0 Å². The van der Waals surface area contributed by atoms with Gasteiger partial charge in [-0.05, 0) is 19.4 Å². The lowest BCUT2D eigenvalue weighted by Gasteiger charge is -2.17. The summed E-state index contributed by atoms with van der Waals surface area (Å²) in [7, 11) is 0. The third-order valence-electron chi connectivity index (χ3n) is 4.15. The number of hydrogen-bond donors (Lipinski definition) is 1. The highest BCUT2D eigenvalue weighted by Crippen LogP contribution is 2.27. The van der Waals surface area contributed by atoms with Crippen molar-refractivity contribution in [1.29, 1.82) is 0 Å². The molecule has 3 rings (SSSR count). The van der Waals surface area contributed by atoms with Gasteiger partial charge in [0.25, 0.3) is 0 Å². The Labute approximate surface area is 136 Å². The van der Waals surface area contributed by atoms with E-state index in [1.165, 1.54) is 18.4 Å². The molecule has 124 valence electrons. The van der Waals surface area contributed by atoms with E-state index in [0.29, 0.717) is 40.4 Å². The molecule has 6 heteroatoms. The third kappa shape index (κ3) is 2.31. The summed E-state index contributed by atoms with van der Waals surface area (Å²) in [4.78, 5) is 36.2. The van der Waals surface area contributed by atoms with Crippen LogP contribution in [0.2, 0.25) is 0 Å². The molecule has 0 bridgehead atoms. The maximum Gasteiger partial charge on any atom is 0.352 e. The second kappa shape index (κ2) is 5.96. The fourth-order valence-corrected chi connectivity index (χ4v) is 3.17. The zero-order chi connectivity index (χ0) is 17.4. The molecular formula is C18H17NO5. The minimum atomic E-state index is -1.16. The molecule has 0 fully saturated rings. The van der Waals surface area contributed by atoms with Gasteiger partial charge in [0.2, 0.25) is 0 Å². The van der Waals surface area contributed by atoms with E-state index >= 15 is 0 Å². The van der Waals surface area contributed by atoms with Gasteiger partial charge < -0.3 is 14.1 Å². The summed E-state index contributed by atoms with van der Waals surface area (Å²) >= 11 is 0. The lowest BCUT2D eigenvalue weighted by atomic mass is 10.00. The predicted molar refractivity (Wildman–Crippen MR) is 90.9 cm³/mol. The quantitative estimate of drug-likeness (QED) is 0.744. The Balaban J connectivity index is 2.66. The number of fused-ring (bicyclic) bond motifs is 2. The smallest absolute Gasteiger partial charge is 0.352 e. The lowest BCUT2D eigenvalue weighted by Crippen LogP contribution is -2.19. The van der Waals surface area contributed by atoms with Crippen LogP contribution in [0.5, 0.6) is 0 Å². The van der Waals surface area contributed by atoms with E-state index in [0.717, 1.165) is 12.5 Å². The van der Waals surface area contributed by atoms with Gasteiger partial charge in [0.05, 0.1) is 17.2 Å². The van der Waals surface area contributed by atoms with Crippen LogP contribution in [-0.4, -0.2) is 15.6 Å². The summed E-state index contributed by atoms with van der Waals surface area (Å²) in [5.41, 5.74) is 0.955. The summed E-state index contributed by atoms with van der Waals surface area (Å²) in [6.07, 6.45) is 2.66. The van der Waals surface area contributed by atoms with Crippen molar-refractivity contribution in [3.05, 3.63) is 56.2 Å². The molecule has 0 amide bonds. The maximum absolute atomic E-state index is 12.5. The summed E-state index contributed by atoms with van der Waals surface area (Å²) < 4.78 is 7.15. The van der Waals surface area contributed by atoms with E-state index in [-0.39, 0.29) is 11.1 Å². The number of benzene rings is 1. The average Bonchev–Trinajstić information content (AvgIpc) is 2.55. The van der Waals surface area contributed by atoms with E-state index in [1.807, 2.05) is 13.8 Å². The second-order valence-corrected chi connectivity index (χ2v) is 5.61. The zero-order valence-corrected chi connectivity index (χ0v) is 13.5. The number of aromatic carboxylic acids is 1. The van der Waals surface area contributed by atoms with Gasteiger partial charge in [-0.3, -0.25) is 9.59 Å². The van der Waals surface area contributed by atoms with Gasteiger partial charge in [-0.2, -0.15) is 0 Å². The Morgan fingerprint density at radius 2 is 1.92 bits per heavy atom. The number of carboxylic acid groups (broad SMARTS) is 1. The molecule has 0 aliphatic rings. The molecular weight excluding hydrogens is 310 g/mol. The Hall–Kier alpha value is -2.89. The van der Waals surface area contributed by atoms with Crippen molar-refractivity contribution in [2.45, 2.75) is 33.2 Å². The highest BCUT2D eigenvalue weighted by atomic mass is 16.4. The van der Waals surface area contributed by atoms with Crippen molar-refractivity contribution in [1.82, 2.24) is 4.57 Å². The number of pyridine rings is 1. The summed E-state index contributed by atoms with van der Waals surface area (Å²) in [6.45, 7) is 4.18. The molecule has 2 aromatic heterocycles. The predicted octanol–water partition coefficient (Wildman–Crippen LogP) is 2.78. The fourth-order valence-electron chi connectivity index (χ4n) is 3.17. The SMILES string of the molecule is CCCc1c2occc(=O)c2cc2c(=O)cc(C(=O)O)n(CC)c12. The standard InChI is InChI=1S/C18H17NO5/c1-3-5-10-16-11(8-12-14(20)6-7-24-17(10)12)15(21)9-13(18(22)23)19(16)4-2/h6-9H,3-5H2,1-2H3,(H,22,23). The van der Waals surface area contributed by atoms with Crippen molar-refractivity contribution in [2.75, 3.05) is 0 Å². The maximum atomic E-state index is 12.5. The van der Waals surface area contributed by atoms with Crippen LogP contribution < -0.4 is 10.9 Å². The van der Waals surface area contributed by atoms with Gasteiger partial charge in [-0.25, -0.2) is 4.79 Å². The first kappa shape index (κ1) is 16.0. The van der Waals surface area contributed by atoms with Crippen LogP contribution >= 0.6 is 0 Å². The van der Waals surface area contributed by atoms with Gasteiger partial charge in [-0.15, -0.1) is 0 Å². The van der Waals surface area contributed by atoms with Crippen molar-refractivity contribution >= 4 is 27.8 Å². The largest absolute Gasteiger partial charge is 0.477 e. The molecule has 0 aliphatic heterocycles. The molecule has 0 aliphatic carbocycles. The van der Waals surface area contributed by atoms with Crippen molar-refractivity contribution < 1.29 is 14.3 Å².